The van der Waals surface area contributed by atoms with Crippen LogP contribution in [0.25, 0.3) is 0 Å². The van der Waals surface area contributed by atoms with Crippen LogP contribution >= 0.6 is 11.8 Å². The number of benzene rings is 1. The number of hydrogen-bond donors (Lipinski definition) is 2. The Bertz CT molecular complexity index is 588. The highest BCUT2D eigenvalue weighted by atomic mass is 32.2. The van der Waals surface area contributed by atoms with Crippen LogP contribution in [-0.4, -0.2) is 35.5 Å². The third-order valence-electron chi connectivity index (χ3n) is 2.15. The van der Waals surface area contributed by atoms with Crippen LogP contribution in [0.15, 0.2) is 23.2 Å². The number of halogens is 2. The maximum atomic E-state index is 12.2. The first-order valence-electron chi connectivity index (χ1n) is 5.54. The number of alkyl halides is 2. The highest BCUT2D eigenvalue weighted by molar-refractivity contribution is 8.13. The summed E-state index contributed by atoms with van der Waals surface area (Å²) in [5.74, 6) is -1.18. The van der Waals surface area contributed by atoms with Crippen LogP contribution in [0.3, 0.4) is 0 Å². The molecule has 6 nitrogen and oxygen atoms in total. The van der Waals surface area contributed by atoms with E-state index in [1.807, 2.05) is 0 Å². The highest BCUT2D eigenvalue weighted by Crippen LogP contribution is 2.30. The normalized spacial score (nSPS) is 11.1. The Labute approximate surface area is 123 Å². The molecule has 0 bridgehead atoms. The largest absolute Gasteiger partial charge is 0.485 e. The number of thioether (sulfide) groups is 1. The van der Waals surface area contributed by atoms with E-state index in [1.54, 1.807) is 12.4 Å². The van der Waals surface area contributed by atoms with Gasteiger partial charge < -0.3 is 9.84 Å². The summed E-state index contributed by atoms with van der Waals surface area (Å²) >= 11 is 1.10. The molecule has 2 N–H and O–H groups in total. The summed E-state index contributed by atoms with van der Waals surface area (Å²) in [5.41, 5.74) is -0.0294. The van der Waals surface area contributed by atoms with Gasteiger partial charge in [-0.3, -0.25) is 5.32 Å². The van der Waals surface area contributed by atoms with Crippen molar-refractivity contribution in [2.75, 3.05) is 12.9 Å². The second kappa shape index (κ2) is 8.06. The van der Waals surface area contributed by atoms with Crippen LogP contribution in [0.4, 0.5) is 14.5 Å². The minimum Gasteiger partial charge on any atom is -0.485 e. The molecule has 1 rings (SSSR count). The lowest BCUT2D eigenvalue weighted by molar-refractivity contribution is 0.0695. The third-order valence-corrected chi connectivity index (χ3v) is 2.73. The predicted octanol–water partition coefficient (Wildman–Crippen LogP) is 2.45. The summed E-state index contributed by atoms with van der Waals surface area (Å²) in [6, 6.07) is 3.64. The van der Waals surface area contributed by atoms with Crippen LogP contribution in [0.5, 0.6) is 5.75 Å². The van der Waals surface area contributed by atoms with Crippen LogP contribution in [0.2, 0.25) is 0 Å². The molecule has 0 saturated carbocycles. The molecular formula is C12H11F2N3O3S. The molecule has 0 amide bonds. The van der Waals surface area contributed by atoms with Gasteiger partial charge in [-0.1, -0.05) is 11.8 Å². The zero-order valence-corrected chi connectivity index (χ0v) is 11.7. The molecule has 0 radical (unpaired) electrons. The monoisotopic (exact) mass is 315 g/mol. The number of amidine groups is 1. The number of carboxylic acids is 1. The quantitative estimate of drug-likeness (QED) is 0.375. The summed E-state index contributed by atoms with van der Waals surface area (Å²) in [6.45, 7) is -0.838. The smallest absolute Gasteiger partial charge is 0.335 e. The third kappa shape index (κ3) is 5.27. The number of nitrogens with one attached hydrogen (secondary N) is 1. The Morgan fingerprint density at radius 2 is 2.33 bits per heavy atom. The Balaban J connectivity index is 3.19. The molecule has 112 valence electrons. The first-order valence-corrected chi connectivity index (χ1v) is 6.76. The number of carboxylic acid groups (broad SMARTS) is 1. The minimum atomic E-state index is -2.67. The van der Waals surface area contributed by atoms with Gasteiger partial charge in [0.2, 0.25) is 0 Å². The van der Waals surface area contributed by atoms with Gasteiger partial charge in [0, 0.05) is 0 Å². The van der Waals surface area contributed by atoms with Gasteiger partial charge in [0.05, 0.1) is 5.56 Å². The van der Waals surface area contributed by atoms with E-state index in [4.69, 9.17) is 15.1 Å². The minimum absolute atomic E-state index is 0.00610. The highest BCUT2D eigenvalue weighted by Gasteiger charge is 2.12. The van der Waals surface area contributed by atoms with Crippen molar-refractivity contribution in [2.45, 2.75) is 6.43 Å². The molecule has 0 saturated heterocycles. The number of rotatable bonds is 5. The van der Waals surface area contributed by atoms with Crippen LogP contribution < -0.4 is 10.1 Å². The Morgan fingerprint density at radius 1 is 1.62 bits per heavy atom. The van der Waals surface area contributed by atoms with E-state index in [9.17, 15) is 13.6 Å². The Morgan fingerprint density at radius 3 is 2.86 bits per heavy atom. The van der Waals surface area contributed by atoms with Crippen molar-refractivity contribution in [2.24, 2.45) is 4.99 Å². The number of ether oxygens (including phenoxy) is 1. The molecule has 0 atom stereocenters. The zero-order valence-electron chi connectivity index (χ0n) is 10.8. The number of carbonyl (C=O) groups is 1. The molecule has 0 spiro atoms. The summed E-state index contributed by atoms with van der Waals surface area (Å²) in [7, 11) is 0. The van der Waals surface area contributed by atoms with Crippen molar-refractivity contribution in [1.29, 1.82) is 5.26 Å². The molecule has 0 aliphatic heterocycles. The standard InChI is InChI=1S/C12H11F2N3O3S/c1-21-12(16-6-15)17-8-4-7(11(18)19)2-3-9(8)20-5-10(13)14/h2-4,10H,5H2,1H3,(H,16,17)(H,18,19). The molecule has 0 aromatic heterocycles. The molecule has 1 aromatic carbocycles. The summed E-state index contributed by atoms with van der Waals surface area (Å²) in [6.07, 6.45) is 0.642. The van der Waals surface area contributed by atoms with E-state index in [-0.39, 0.29) is 22.2 Å². The topological polar surface area (TPSA) is 94.7 Å². The van der Waals surface area contributed by atoms with Gasteiger partial charge in [-0.15, -0.1) is 0 Å². The van der Waals surface area contributed by atoms with Gasteiger partial charge in [-0.2, -0.15) is 5.26 Å². The first-order chi connectivity index (χ1) is 9.97. The van der Waals surface area contributed by atoms with E-state index < -0.39 is 19.0 Å². The predicted molar refractivity (Wildman–Crippen MR) is 74.3 cm³/mol. The van der Waals surface area contributed by atoms with E-state index in [1.165, 1.54) is 18.2 Å². The number of nitrogens with zero attached hydrogens (tertiary/aromatic N) is 2. The molecular weight excluding hydrogens is 304 g/mol. The van der Waals surface area contributed by atoms with E-state index in [0.717, 1.165) is 11.8 Å². The van der Waals surface area contributed by atoms with Gasteiger partial charge in [0.25, 0.3) is 6.43 Å². The zero-order chi connectivity index (χ0) is 15.8. The molecule has 0 aliphatic rings. The summed E-state index contributed by atoms with van der Waals surface area (Å²) < 4.78 is 29.3. The second-order valence-electron chi connectivity index (χ2n) is 3.55. The fourth-order valence-corrected chi connectivity index (χ4v) is 1.63. The maximum absolute atomic E-state index is 12.2. The van der Waals surface area contributed by atoms with Gasteiger partial charge in [0.1, 0.15) is 18.0 Å². The molecule has 1 aromatic rings. The van der Waals surface area contributed by atoms with Crippen LogP contribution in [-0.2, 0) is 0 Å². The lowest BCUT2D eigenvalue weighted by atomic mass is 10.2. The Hall–Kier alpha value is -2.34. The lowest BCUT2D eigenvalue weighted by Crippen LogP contribution is -2.13. The molecule has 21 heavy (non-hydrogen) atoms. The van der Waals surface area contributed by atoms with E-state index in [2.05, 4.69) is 10.3 Å². The molecule has 9 heteroatoms. The second-order valence-corrected chi connectivity index (χ2v) is 4.34. The summed E-state index contributed by atoms with van der Waals surface area (Å²) in [5, 5.41) is 20.0. The number of aromatic carboxylic acids is 1. The average Bonchev–Trinajstić information content (AvgIpc) is 2.44. The average molecular weight is 315 g/mol. The number of hydrogen-bond acceptors (Lipinski definition) is 5. The van der Waals surface area contributed by atoms with Crippen molar-refractivity contribution in [1.82, 2.24) is 5.32 Å². The van der Waals surface area contributed by atoms with Gasteiger partial charge in [-0.25, -0.2) is 18.6 Å². The van der Waals surface area contributed by atoms with Crippen molar-refractivity contribution in [3.63, 3.8) is 0 Å². The van der Waals surface area contributed by atoms with Crippen molar-refractivity contribution < 1.29 is 23.4 Å². The van der Waals surface area contributed by atoms with E-state index in [0.29, 0.717) is 0 Å². The fraction of sp³-hybridized carbons (Fsp3) is 0.250. The van der Waals surface area contributed by atoms with Crippen LogP contribution in [0, 0.1) is 11.5 Å². The SMILES string of the molecule is CSC(=Nc1cc(C(=O)O)ccc1OCC(F)F)NC#N. The number of nitriles is 1. The van der Waals surface area contributed by atoms with E-state index >= 15 is 0 Å². The van der Waals surface area contributed by atoms with Crippen molar-refractivity contribution in [3.05, 3.63) is 23.8 Å². The van der Waals surface area contributed by atoms with Crippen molar-refractivity contribution >= 4 is 28.6 Å². The summed E-state index contributed by atoms with van der Waals surface area (Å²) in [4.78, 5) is 14.9. The molecule has 0 fully saturated rings. The number of aliphatic imine (C=N–C) groups is 1. The van der Waals surface area contributed by atoms with Gasteiger partial charge in [-0.05, 0) is 24.5 Å². The molecule has 0 unspecified atom stereocenters. The van der Waals surface area contributed by atoms with Gasteiger partial charge in [0.15, 0.2) is 11.4 Å². The first kappa shape index (κ1) is 16.7. The molecule has 0 heterocycles. The van der Waals surface area contributed by atoms with Crippen molar-refractivity contribution in [3.8, 4) is 11.9 Å². The Kier molecular flexibility index (Phi) is 6.42. The molecule has 0 aliphatic carbocycles. The van der Waals surface area contributed by atoms with Crippen LogP contribution in [0.1, 0.15) is 10.4 Å². The van der Waals surface area contributed by atoms with Gasteiger partial charge >= 0.3 is 5.97 Å². The lowest BCUT2D eigenvalue weighted by Gasteiger charge is -2.10. The maximum Gasteiger partial charge on any atom is 0.335 e. The fourth-order valence-electron chi connectivity index (χ4n) is 1.29.